The smallest absolute Gasteiger partial charge is 0.317 e. The van der Waals surface area contributed by atoms with E-state index < -0.39 is 5.41 Å². The number of likely N-dealkylation sites (tertiary alicyclic amines) is 2. The lowest BCUT2D eigenvalue weighted by molar-refractivity contribution is 0.0907. The average molecular weight is 370 g/mol. The summed E-state index contributed by atoms with van der Waals surface area (Å²) in [5.41, 5.74) is 0.563. The normalized spacial score (nSPS) is 22.8. The van der Waals surface area contributed by atoms with Crippen LogP contribution in [0.15, 0.2) is 30.3 Å². The summed E-state index contributed by atoms with van der Waals surface area (Å²) in [6.45, 7) is 3.74. The molecule has 1 atom stereocenters. The van der Waals surface area contributed by atoms with Crippen LogP contribution >= 0.6 is 0 Å². The van der Waals surface area contributed by atoms with Gasteiger partial charge in [-0.2, -0.15) is 5.26 Å². The number of nitrogens with zero attached hydrogens (tertiary/aromatic N) is 3. The highest BCUT2D eigenvalue weighted by Crippen LogP contribution is 2.34. The number of aliphatic hydroxyl groups is 1. The first-order chi connectivity index (χ1) is 13.2. The molecule has 2 heterocycles. The van der Waals surface area contributed by atoms with Gasteiger partial charge < -0.3 is 15.3 Å². The molecule has 0 aromatic heterocycles. The average Bonchev–Trinajstić information content (AvgIpc) is 2.74. The first kappa shape index (κ1) is 19.7. The Kier molecular flexibility index (Phi) is 6.70. The van der Waals surface area contributed by atoms with Gasteiger partial charge in [-0.1, -0.05) is 36.8 Å². The standard InChI is InChI=1S/C21H30N4O2/c22-17-21(18-6-2-1-3-7-18)9-13-25(14-10-21)20(27)23-11-15-24-12-5-4-8-19(24)16-26/h1-3,6-7,19,26H,4-5,8-16H2,(H,23,27)/t19-/m1/s1. The molecule has 1 aromatic carbocycles. The Morgan fingerprint density at radius 1 is 1.22 bits per heavy atom. The van der Waals surface area contributed by atoms with Crippen LogP contribution in [-0.2, 0) is 5.41 Å². The molecule has 0 aliphatic carbocycles. The van der Waals surface area contributed by atoms with Crippen LogP contribution in [0.1, 0.15) is 37.7 Å². The van der Waals surface area contributed by atoms with Gasteiger partial charge in [0, 0.05) is 32.2 Å². The molecule has 6 heteroatoms. The number of urea groups is 1. The van der Waals surface area contributed by atoms with Crippen molar-refractivity contribution < 1.29 is 9.90 Å². The third-order valence-corrected chi connectivity index (χ3v) is 6.08. The van der Waals surface area contributed by atoms with Crippen LogP contribution in [0.5, 0.6) is 0 Å². The summed E-state index contributed by atoms with van der Waals surface area (Å²) in [4.78, 5) is 16.6. The summed E-state index contributed by atoms with van der Waals surface area (Å²) in [6.07, 6.45) is 4.70. The van der Waals surface area contributed by atoms with E-state index in [0.717, 1.165) is 31.5 Å². The second-order valence-corrected chi connectivity index (χ2v) is 7.65. The highest BCUT2D eigenvalue weighted by atomic mass is 16.3. The highest BCUT2D eigenvalue weighted by Gasteiger charge is 2.37. The Balaban J connectivity index is 1.46. The molecule has 0 spiro atoms. The van der Waals surface area contributed by atoms with E-state index in [2.05, 4.69) is 16.3 Å². The van der Waals surface area contributed by atoms with Crippen molar-refractivity contribution in [2.24, 2.45) is 0 Å². The molecule has 146 valence electrons. The molecule has 2 aliphatic heterocycles. The summed E-state index contributed by atoms with van der Waals surface area (Å²) < 4.78 is 0. The summed E-state index contributed by atoms with van der Waals surface area (Å²) in [6, 6.07) is 12.6. The second kappa shape index (κ2) is 9.20. The second-order valence-electron chi connectivity index (χ2n) is 7.65. The van der Waals surface area contributed by atoms with E-state index in [1.54, 1.807) is 0 Å². The van der Waals surface area contributed by atoms with Crippen molar-refractivity contribution in [1.29, 1.82) is 5.26 Å². The topological polar surface area (TPSA) is 79.6 Å². The molecule has 0 saturated carbocycles. The predicted octanol–water partition coefficient (Wildman–Crippen LogP) is 2.10. The molecule has 2 fully saturated rings. The van der Waals surface area contributed by atoms with Crippen LogP contribution in [0, 0.1) is 11.3 Å². The van der Waals surface area contributed by atoms with Crippen molar-refractivity contribution in [3.05, 3.63) is 35.9 Å². The number of rotatable bonds is 5. The van der Waals surface area contributed by atoms with E-state index >= 15 is 0 Å². The fourth-order valence-corrected chi connectivity index (χ4v) is 4.29. The van der Waals surface area contributed by atoms with E-state index in [-0.39, 0.29) is 18.7 Å². The number of hydrogen-bond donors (Lipinski definition) is 2. The molecular weight excluding hydrogens is 340 g/mol. The number of nitrogens with one attached hydrogen (secondary N) is 1. The monoisotopic (exact) mass is 370 g/mol. The number of carbonyl (C=O) groups is 1. The molecular formula is C21H30N4O2. The number of benzene rings is 1. The van der Waals surface area contributed by atoms with Gasteiger partial charge in [-0.15, -0.1) is 0 Å². The summed E-state index contributed by atoms with van der Waals surface area (Å²) in [5, 5.41) is 22.2. The Morgan fingerprint density at radius 3 is 2.63 bits per heavy atom. The maximum absolute atomic E-state index is 12.5. The first-order valence-electron chi connectivity index (χ1n) is 10.0. The van der Waals surface area contributed by atoms with Gasteiger partial charge in [-0.3, -0.25) is 4.90 Å². The maximum atomic E-state index is 12.5. The van der Waals surface area contributed by atoms with Crippen molar-refractivity contribution in [3.8, 4) is 6.07 Å². The molecule has 1 aromatic rings. The van der Waals surface area contributed by atoms with E-state index in [1.165, 1.54) is 6.42 Å². The lowest BCUT2D eigenvalue weighted by atomic mass is 9.74. The third kappa shape index (κ3) is 4.60. The van der Waals surface area contributed by atoms with Crippen molar-refractivity contribution in [2.45, 2.75) is 43.6 Å². The maximum Gasteiger partial charge on any atom is 0.317 e. The van der Waals surface area contributed by atoms with Crippen LogP contribution in [0.3, 0.4) is 0 Å². The fourth-order valence-electron chi connectivity index (χ4n) is 4.29. The van der Waals surface area contributed by atoms with Crippen molar-refractivity contribution in [1.82, 2.24) is 15.1 Å². The van der Waals surface area contributed by atoms with E-state index in [1.807, 2.05) is 35.2 Å². The first-order valence-corrected chi connectivity index (χ1v) is 10.0. The van der Waals surface area contributed by atoms with E-state index in [9.17, 15) is 15.2 Å². The third-order valence-electron chi connectivity index (χ3n) is 6.08. The van der Waals surface area contributed by atoms with Crippen molar-refractivity contribution in [2.75, 3.05) is 39.3 Å². The van der Waals surface area contributed by atoms with Crippen LogP contribution in [0.2, 0.25) is 0 Å². The number of nitriles is 1. The van der Waals surface area contributed by atoms with Gasteiger partial charge in [0.15, 0.2) is 0 Å². The summed E-state index contributed by atoms with van der Waals surface area (Å²) in [7, 11) is 0. The lowest BCUT2D eigenvalue weighted by Gasteiger charge is -2.38. The minimum atomic E-state index is -0.486. The molecule has 3 rings (SSSR count). The quantitative estimate of drug-likeness (QED) is 0.832. The zero-order valence-electron chi connectivity index (χ0n) is 15.9. The Labute approximate surface area is 161 Å². The lowest BCUT2D eigenvalue weighted by Crippen LogP contribution is -2.50. The molecule has 0 radical (unpaired) electrons. The zero-order valence-corrected chi connectivity index (χ0v) is 15.9. The summed E-state index contributed by atoms with van der Waals surface area (Å²) in [5.74, 6) is 0. The molecule has 2 amide bonds. The van der Waals surface area contributed by atoms with Gasteiger partial charge in [0.1, 0.15) is 0 Å². The number of carbonyl (C=O) groups excluding carboxylic acids is 1. The number of piperidine rings is 2. The SMILES string of the molecule is N#CC1(c2ccccc2)CCN(C(=O)NCCN2CCCC[C@@H]2CO)CC1. The van der Waals surface area contributed by atoms with Crippen LogP contribution < -0.4 is 5.32 Å². The molecule has 2 saturated heterocycles. The van der Waals surface area contributed by atoms with Crippen molar-refractivity contribution in [3.63, 3.8) is 0 Å². The van der Waals surface area contributed by atoms with Gasteiger partial charge in [0.25, 0.3) is 0 Å². The Morgan fingerprint density at radius 2 is 1.96 bits per heavy atom. The van der Waals surface area contributed by atoms with Gasteiger partial charge in [0.2, 0.25) is 0 Å². The van der Waals surface area contributed by atoms with Crippen LogP contribution in [-0.4, -0.2) is 66.3 Å². The van der Waals surface area contributed by atoms with E-state index in [0.29, 0.717) is 32.5 Å². The predicted molar refractivity (Wildman–Crippen MR) is 104 cm³/mol. The van der Waals surface area contributed by atoms with Crippen LogP contribution in [0.4, 0.5) is 4.79 Å². The largest absolute Gasteiger partial charge is 0.395 e. The molecule has 0 bridgehead atoms. The van der Waals surface area contributed by atoms with Crippen LogP contribution in [0.25, 0.3) is 0 Å². The zero-order chi connectivity index (χ0) is 19.1. The Bertz CT molecular complexity index is 650. The summed E-state index contributed by atoms with van der Waals surface area (Å²) >= 11 is 0. The van der Waals surface area contributed by atoms with E-state index in [4.69, 9.17) is 0 Å². The van der Waals surface area contributed by atoms with Gasteiger partial charge in [0.05, 0.1) is 18.1 Å². The minimum absolute atomic E-state index is 0.0489. The van der Waals surface area contributed by atoms with Crippen molar-refractivity contribution >= 4 is 6.03 Å². The minimum Gasteiger partial charge on any atom is -0.395 e. The molecule has 6 nitrogen and oxygen atoms in total. The number of amides is 2. The van der Waals surface area contributed by atoms with Gasteiger partial charge in [-0.25, -0.2) is 4.79 Å². The molecule has 0 unspecified atom stereocenters. The van der Waals surface area contributed by atoms with Gasteiger partial charge in [-0.05, 0) is 37.8 Å². The van der Waals surface area contributed by atoms with Gasteiger partial charge >= 0.3 is 6.03 Å². The molecule has 27 heavy (non-hydrogen) atoms. The molecule has 2 aliphatic rings. The fraction of sp³-hybridized carbons (Fsp3) is 0.619. The highest BCUT2D eigenvalue weighted by molar-refractivity contribution is 5.74. The number of hydrogen-bond acceptors (Lipinski definition) is 4. The Hall–Kier alpha value is -2.10. The molecule has 2 N–H and O–H groups in total. The number of aliphatic hydroxyl groups excluding tert-OH is 1.